The van der Waals surface area contributed by atoms with Crippen LogP contribution < -0.4 is 10.6 Å². The number of anilines is 1. The zero-order valence-corrected chi connectivity index (χ0v) is 12.1. The highest BCUT2D eigenvalue weighted by Gasteiger charge is 2.16. The molecule has 1 amide bonds. The maximum absolute atomic E-state index is 13.2. The van der Waals surface area contributed by atoms with Crippen LogP contribution in [-0.4, -0.2) is 18.0 Å². The molecule has 1 aromatic carbocycles. The van der Waals surface area contributed by atoms with Gasteiger partial charge in [0.2, 0.25) is 5.91 Å². The third-order valence-electron chi connectivity index (χ3n) is 3.30. The Morgan fingerprint density at radius 3 is 2.53 bits per heavy atom. The van der Waals surface area contributed by atoms with Crippen LogP contribution in [0.1, 0.15) is 39.2 Å². The van der Waals surface area contributed by atoms with Gasteiger partial charge in [0.15, 0.2) is 0 Å². The standard InChI is InChI=1S/C15H23FN2O/c1-5-13(6-2)18-15(19)11(4)17-14-9-12(16)8-7-10(14)3/h7-9,11,13,17H,5-6H2,1-4H3,(H,18,19). The largest absolute Gasteiger partial charge is 0.374 e. The summed E-state index contributed by atoms with van der Waals surface area (Å²) in [7, 11) is 0. The van der Waals surface area contributed by atoms with Gasteiger partial charge in [-0.15, -0.1) is 0 Å². The molecule has 0 aromatic heterocycles. The first-order valence-corrected chi connectivity index (χ1v) is 6.81. The summed E-state index contributed by atoms with van der Waals surface area (Å²) in [6.07, 6.45) is 1.82. The van der Waals surface area contributed by atoms with E-state index in [9.17, 15) is 9.18 Å². The summed E-state index contributed by atoms with van der Waals surface area (Å²) < 4.78 is 13.2. The van der Waals surface area contributed by atoms with E-state index in [2.05, 4.69) is 10.6 Å². The van der Waals surface area contributed by atoms with Gasteiger partial charge in [0.05, 0.1) is 0 Å². The first kappa shape index (κ1) is 15.5. The number of hydrogen-bond donors (Lipinski definition) is 2. The second-order valence-corrected chi connectivity index (χ2v) is 4.85. The van der Waals surface area contributed by atoms with E-state index in [1.165, 1.54) is 12.1 Å². The average Bonchev–Trinajstić information content (AvgIpc) is 2.39. The third-order valence-corrected chi connectivity index (χ3v) is 3.30. The summed E-state index contributed by atoms with van der Waals surface area (Å²) in [5, 5.41) is 6.03. The molecule has 1 rings (SSSR count). The van der Waals surface area contributed by atoms with Crippen LogP contribution >= 0.6 is 0 Å². The van der Waals surface area contributed by atoms with Crippen LogP contribution in [0.2, 0.25) is 0 Å². The quantitative estimate of drug-likeness (QED) is 0.830. The van der Waals surface area contributed by atoms with Crippen molar-refractivity contribution in [2.75, 3.05) is 5.32 Å². The maximum atomic E-state index is 13.2. The Bertz CT molecular complexity index is 430. The van der Waals surface area contributed by atoms with E-state index in [1.54, 1.807) is 13.0 Å². The molecule has 0 saturated carbocycles. The highest BCUT2D eigenvalue weighted by molar-refractivity contribution is 5.84. The summed E-state index contributed by atoms with van der Waals surface area (Å²) in [6.45, 7) is 7.75. The Labute approximate surface area is 114 Å². The highest BCUT2D eigenvalue weighted by atomic mass is 19.1. The van der Waals surface area contributed by atoms with Crippen molar-refractivity contribution in [3.63, 3.8) is 0 Å². The van der Waals surface area contributed by atoms with Crippen LogP contribution in [0.5, 0.6) is 0 Å². The summed E-state index contributed by atoms with van der Waals surface area (Å²) in [4.78, 5) is 12.0. The van der Waals surface area contributed by atoms with Crippen molar-refractivity contribution >= 4 is 11.6 Å². The minimum Gasteiger partial charge on any atom is -0.374 e. The normalized spacial score (nSPS) is 12.3. The maximum Gasteiger partial charge on any atom is 0.242 e. The number of halogens is 1. The smallest absolute Gasteiger partial charge is 0.242 e. The second-order valence-electron chi connectivity index (χ2n) is 4.85. The molecule has 0 aliphatic carbocycles. The first-order chi connectivity index (χ1) is 8.97. The van der Waals surface area contributed by atoms with Crippen LogP contribution in [0.4, 0.5) is 10.1 Å². The molecular weight excluding hydrogens is 243 g/mol. The topological polar surface area (TPSA) is 41.1 Å². The fraction of sp³-hybridized carbons (Fsp3) is 0.533. The summed E-state index contributed by atoms with van der Waals surface area (Å²) in [5.74, 6) is -0.363. The lowest BCUT2D eigenvalue weighted by Gasteiger charge is -2.20. The van der Waals surface area contributed by atoms with Gasteiger partial charge in [-0.1, -0.05) is 19.9 Å². The molecule has 0 spiro atoms. The predicted octanol–water partition coefficient (Wildman–Crippen LogP) is 3.24. The van der Waals surface area contributed by atoms with E-state index in [-0.39, 0.29) is 23.8 Å². The van der Waals surface area contributed by atoms with Gasteiger partial charge in [0.25, 0.3) is 0 Å². The van der Waals surface area contributed by atoms with Crippen molar-refractivity contribution in [2.45, 2.75) is 52.6 Å². The van der Waals surface area contributed by atoms with Gasteiger partial charge in [-0.05, 0) is 44.4 Å². The number of benzene rings is 1. The number of nitrogens with one attached hydrogen (secondary N) is 2. The van der Waals surface area contributed by atoms with Crippen LogP contribution in [0, 0.1) is 12.7 Å². The molecule has 0 saturated heterocycles. The Hall–Kier alpha value is -1.58. The van der Waals surface area contributed by atoms with Gasteiger partial charge < -0.3 is 10.6 Å². The van der Waals surface area contributed by atoms with Crippen LogP contribution in [-0.2, 0) is 4.79 Å². The van der Waals surface area contributed by atoms with Gasteiger partial charge in [0.1, 0.15) is 11.9 Å². The van der Waals surface area contributed by atoms with E-state index in [4.69, 9.17) is 0 Å². The zero-order valence-electron chi connectivity index (χ0n) is 12.1. The fourth-order valence-corrected chi connectivity index (χ4v) is 1.87. The van der Waals surface area contributed by atoms with Crippen molar-refractivity contribution in [2.24, 2.45) is 0 Å². The Balaban J connectivity index is 2.65. The molecule has 0 bridgehead atoms. The molecule has 106 valence electrons. The lowest BCUT2D eigenvalue weighted by Crippen LogP contribution is -2.42. The summed E-state index contributed by atoms with van der Waals surface area (Å²) in [5.41, 5.74) is 1.58. The van der Waals surface area contributed by atoms with E-state index in [0.717, 1.165) is 18.4 Å². The minimum absolute atomic E-state index is 0.0580. The summed E-state index contributed by atoms with van der Waals surface area (Å²) >= 11 is 0. The van der Waals surface area contributed by atoms with Crippen molar-refractivity contribution < 1.29 is 9.18 Å². The van der Waals surface area contributed by atoms with Crippen molar-refractivity contribution in [1.29, 1.82) is 0 Å². The third kappa shape index (κ3) is 4.54. The van der Waals surface area contributed by atoms with Gasteiger partial charge >= 0.3 is 0 Å². The molecule has 4 heteroatoms. The molecule has 1 aromatic rings. The van der Waals surface area contributed by atoms with Crippen molar-refractivity contribution in [3.05, 3.63) is 29.6 Å². The van der Waals surface area contributed by atoms with E-state index in [0.29, 0.717) is 5.69 Å². The predicted molar refractivity (Wildman–Crippen MR) is 76.7 cm³/mol. The summed E-state index contributed by atoms with van der Waals surface area (Å²) in [6, 6.07) is 4.33. The molecule has 2 N–H and O–H groups in total. The molecule has 0 aliphatic rings. The molecule has 0 fully saturated rings. The molecule has 0 aliphatic heterocycles. The molecule has 1 unspecified atom stereocenters. The number of carbonyl (C=O) groups is 1. The second kappa shape index (κ2) is 7.12. The van der Waals surface area contributed by atoms with Crippen molar-refractivity contribution in [1.82, 2.24) is 5.32 Å². The van der Waals surface area contributed by atoms with Gasteiger partial charge in [0, 0.05) is 11.7 Å². The fourth-order valence-electron chi connectivity index (χ4n) is 1.87. The molecule has 0 radical (unpaired) electrons. The molecule has 19 heavy (non-hydrogen) atoms. The molecule has 1 atom stereocenters. The van der Waals surface area contributed by atoms with Gasteiger partial charge in [-0.2, -0.15) is 0 Å². The number of rotatable bonds is 6. The van der Waals surface area contributed by atoms with Crippen LogP contribution in [0.25, 0.3) is 0 Å². The monoisotopic (exact) mass is 266 g/mol. The molecular formula is C15H23FN2O. The van der Waals surface area contributed by atoms with E-state index < -0.39 is 0 Å². The van der Waals surface area contributed by atoms with E-state index in [1.807, 2.05) is 20.8 Å². The average molecular weight is 266 g/mol. The molecule has 3 nitrogen and oxygen atoms in total. The highest BCUT2D eigenvalue weighted by Crippen LogP contribution is 2.17. The Kier molecular flexibility index (Phi) is 5.80. The Morgan fingerprint density at radius 1 is 1.32 bits per heavy atom. The van der Waals surface area contributed by atoms with E-state index >= 15 is 0 Å². The number of amides is 1. The zero-order chi connectivity index (χ0) is 14.4. The number of carbonyl (C=O) groups excluding carboxylic acids is 1. The van der Waals surface area contributed by atoms with Crippen LogP contribution in [0.15, 0.2) is 18.2 Å². The van der Waals surface area contributed by atoms with Crippen molar-refractivity contribution in [3.8, 4) is 0 Å². The van der Waals surface area contributed by atoms with Crippen LogP contribution in [0.3, 0.4) is 0 Å². The number of aryl methyl sites for hydroxylation is 1. The number of hydrogen-bond acceptors (Lipinski definition) is 2. The first-order valence-electron chi connectivity index (χ1n) is 6.81. The Morgan fingerprint density at radius 2 is 1.95 bits per heavy atom. The lowest BCUT2D eigenvalue weighted by atomic mass is 10.1. The van der Waals surface area contributed by atoms with Gasteiger partial charge in [-0.25, -0.2) is 4.39 Å². The molecule has 0 heterocycles. The minimum atomic E-state index is -0.388. The van der Waals surface area contributed by atoms with Gasteiger partial charge in [-0.3, -0.25) is 4.79 Å². The SMILES string of the molecule is CCC(CC)NC(=O)C(C)Nc1cc(F)ccc1C. The lowest BCUT2D eigenvalue weighted by molar-refractivity contribution is -0.122.